The van der Waals surface area contributed by atoms with Gasteiger partial charge in [0.15, 0.2) is 11.5 Å². The van der Waals surface area contributed by atoms with Gasteiger partial charge in [-0.25, -0.2) is 4.68 Å². The summed E-state index contributed by atoms with van der Waals surface area (Å²) in [4.78, 5) is 0. The fourth-order valence-electron chi connectivity index (χ4n) is 2.12. The van der Waals surface area contributed by atoms with E-state index < -0.39 is 0 Å². The Morgan fingerprint density at radius 3 is 2.52 bits per heavy atom. The topological polar surface area (TPSA) is 61.5 Å². The van der Waals surface area contributed by atoms with Crippen LogP contribution in [0, 0.1) is 0 Å². The second-order valence-corrected chi connectivity index (χ2v) is 6.06. The Morgan fingerprint density at radius 2 is 1.80 bits per heavy atom. The zero-order valence-electron chi connectivity index (χ0n) is 13.7. The molecule has 0 saturated heterocycles. The first kappa shape index (κ1) is 17.2. The summed E-state index contributed by atoms with van der Waals surface area (Å²) >= 11 is 3.43. The third-order valence-electron chi connectivity index (χ3n) is 3.32. The molecule has 0 atom stereocenters. The molecule has 128 valence electrons. The molecule has 0 spiro atoms. The van der Waals surface area contributed by atoms with Gasteiger partial charge in [-0.3, -0.25) is 0 Å². The van der Waals surface area contributed by atoms with E-state index in [1.807, 2.05) is 49.4 Å². The fraction of sp³-hybridized carbons (Fsp3) is 0.167. The quantitative estimate of drug-likeness (QED) is 0.564. The van der Waals surface area contributed by atoms with Crippen LogP contribution in [0.2, 0.25) is 0 Å². The van der Waals surface area contributed by atoms with Crippen molar-refractivity contribution in [2.24, 2.45) is 5.10 Å². The van der Waals surface area contributed by atoms with Crippen molar-refractivity contribution in [1.82, 2.24) is 14.9 Å². The summed E-state index contributed by atoms with van der Waals surface area (Å²) in [5, 5.41) is 11.6. The first-order valence-electron chi connectivity index (χ1n) is 7.77. The average molecular weight is 401 g/mol. The summed E-state index contributed by atoms with van der Waals surface area (Å²) in [5.41, 5.74) is 1.98. The van der Waals surface area contributed by atoms with Gasteiger partial charge in [0.05, 0.1) is 12.8 Å². The van der Waals surface area contributed by atoms with Gasteiger partial charge in [-0.1, -0.05) is 28.1 Å². The molecule has 0 aliphatic carbocycles. The van der Waals surface area contributed by atoms with Crippen molar-refractivity contribution in [1.29, 1.82) is 0 Å². The number of ether oxygens (including phenoxy) is 2. The zero-order valence-corrected chi connectivity index (χ0v) is 15.3. The summed E-state index contributed by atoms with van der Waals surface area (Å²) in [6.07, 6.45) is 4.76. The lowest BCUT2D eigenvalue weighted by Crippen LogP contribution is -2.00. The second-order valence-electron chi connectivity index (χ2n) is 5.14. The van der Waals surface area contributed by atoms with Crippen molar-refractivity contribution in [2.45, 2.75) is 13.5 Å². The molecule has 0 N–H and O–H groups in total. The molecule has 0 radical (unpaired) electrons. The Kier molecular flexibility index (Phi) is 5.79. The molecule has 2 aromatic carbocycles. The molecule has 0 bridgehead atoms. The minimum absolute atomic E-state index is 0.474. The van der Waals surface area contributed by atoms with Gasteiger partial charge in [0.25, 0.3) is 0 Å². The molecule has 0 saturated carbocycles. The molecule has 0 aliphatic heterocycles. The van der Waals surface area contributed by atoms with Gasteiger partial charge in [-0.2, -0.15) is 5.10 Å². The molecule has 1 aromatic heterocycles. The number of nitrogens with zero attached hydrogens (tertiary/aromatic N) is 4. The SMILES string of the molecule is CCOc1cc(/C=N\n2cnnc2)ccc1OCc1ccc(Br)cc1. The molecule has 0 amide bonds. The van der Waals surface area contributed by atoms with Crippen LogP contribution in [0.15, 0.2) is 64.7 Å². The van der Waals surface area contributed by atoms with Crippen LogP contribution in [0.5, 0.6) is 11.5 Å². The van der Waals surface area contributed by atoms with E-state index in [-0.39, 0.29) is 0 Å². The molecule has 7 heteroatoms. The van der Waals surface area contributed by atoms with E-state index in [0.717, 1.165) is 15.6 Å². The average Bonchev–Trinajstić information content (AvgIpc) is 3.14. The molecule has 1 heterocycles. The van der Waals surface area contributed by atoms with Crippen LogP contribution in [-0.2, 0) is 6.61 Å². The molecule has 0 fully saturated rings. The number of benzene rings is 2. The normalized spacial score (nSPS) is 11.0. The fourth-order valence-corrected chi connectivity index (χ4v) is 2.39. The van der Waals surface area contributed by atoms with E-state index in [2.05, 4.69) is 31.2 Å². The molecule has 3 aromatic rings. The number of halogens is 1. The first-order valence-corrected chi connectivity index (χ1v) is 8.57. The Balaban J connectivity index is 1.73. The number of aromatic nitrogens is 3. The standard InChI is InChI=1S/C18H17BrN4O2/c1-2-24-18-9-15(10-22-23-12-20-21-13-23)5-8-17(18)25-11-14-3-6-16(19)7-4-14/h3-10,12-13H,2,11H2,1H3/b22-10-. The minimum Gasteiger partial charge on any atom is -0.490 e. The van der Waals surface area contributed by atoms with Crippen LogP contribution in [0.4, 0.5) is 0 Å². The minimum atomic E-state index is 0.474. The third kappa shape index (κ3) is 4.90. The Hall–Kier alpha value is -2.67. The van der Waals surface area contributed by atoms with Gasteiger partial charge >= 0.3 is 0 Å². The molecule has 25 heavy (non-hydrogen) atoms. The maximum atomic E-state index is 5.91. The first-order chi connectivity index (χ1) is 12.2. The molecule has 3 rings (SSSR count). The van der Waals surface area contributed by atoms with E-state index in [1.54, 1.807) is 6.21 Å². The summed E-state index contributed by atoms with van der Waals surface area (Å²) < 4.78 is 14.2. The van der Waals surface area contributed by atoms with E-state index in [0.29, 0.717) is 24.7 Å². The van der Waals surface area contributed by atoms with Crippen LogP contribution in [-0.4, -0.2) is 27.7 Å². The van der Waals surface area contributed by atoms with Crippen molar-refractivity contribution in [3.05, 3.63) is 70.7 Å². The Labute approximate surface area is 154 Å². The monoisotopic (exact) mass is 400 g/mol. The van der Waals surface area contributed by atoms with Gasteiger partial charge in [0.2, 0.25) is 0 Å². The Bertz CT molecular complexity index is 833. The molecule has 0 aliphatic rings. The lowest BCUT2D eigenvalue weighted by atomic mass is 10.2. The highest BCUT2D eigenvalue weighted by Crippen LogP contribution is 2.29. The second kappa shape index (κ2) is 8.43. The lowest BCUT2D eigenvalue weighted by molar-refractivity contribution is 0.269. The third-order valence-corrected chi connectivity index (χ3v) is 3.85. The zero-order chi connectivity index (χ0) is 17.5. The number of hydrogen-bond acceptors (Lipinski definition) is 5. The molecular weight excluding hydrogens is 384 g/mol. The highest BCUT2D eigenvalue weighted by Gasteiger charge is 2.06. The predicted molar refractivity (Wildman–Crippen MR) is 99.1 cm³/mol. The van der Waals surface area contributed by atoms with Crippen LogP contribution in [0.3, 0.4) is 0 Å². The van der Waals surface area contributed by atoms with E-state index in [4.69, 9.17) is 9.47 Å². The van der Waals surface area contributed by atoms with Crippen LogP contribution >= 0.6 is 15.9 Å². The van der Waals surface area contributed by atoms with Crippen LogP contribution < -0.4 is 9.47 Å². The Morgan fingerprint density at radius 1 is 1.04 bits per heavy atom. The largest absolute Gasteiger partial charge is 0.490 e. The number of rotatable bonds is 7. The van der Waals surface area contributed by atoms with Crippen molar-refractivity contribution in [2.75, 3.05) is 6.61 Å². The van der Waals surface area contributed by atoms with Gasteiger partial charge < -0.3 is 9.47 Å². The smallest absolute Gasteiger partial charge is 0.161 e. The lowest BCUT2D eigenvalue weighted by Gasteiger charge is -2.12. The number of hydrogen-bond donors (Lipinski definition) is 0. The summed E-state index contributed by atoms with van der Waals surface area (Å²) in [6, 6.07) is 13.7. The van der Waals surface area contributed by atoms with Crippen molar-refractivity contribution in [3.8, 4) is 11.5 Å². The van der Waals surface area contributed by atoms with Crippen molar-refractivity contribution < 1.29 is 9.47 Å². The van der Waals surface area contributed by atoms with Crippen molar-refractivity contribution in [3.63, 3.8) is 0 Å². The van der Waals surface area contributed by atoms with E-state index >= 15 is 0 Å². The van der Waals surface area contributed by atoms with E-state index in [9.17, 15) is 0 Å². The molecule has 0 unspecified atom stereocenters. The van der Waals surface area contributed by atoms with Crippen molar-refractivity contribution >= 4 is 22.1 Å². The van der Waals surface area contributed by atoms with E-state index in [1.165, 1.54) is 17.3 Å². The summed E-state index contributed by atoms with van der Waals surface area (Å²) in [6.45, 7) is 2.97. The summed E-state index contributed by atoms with van der Waals surface area (Å²) in [7, 11) is 0. The molecular formula is C18H17BrN4O2. The molecule has 6 nitrogen and oxygen atoms in total. The van der Waals surface area contributed by atoms with Gasteiger partial charge in [-0.15, -0.1) is 10.2 Å². The van der Waals surface area contributed by atoms with Crippen LogP contribution in [0.1, 0.15) is 18.1 Å². The summed E-state index contributed by atoms with van der Waals surface area (Å²) in [5.74, 6) is 1.39. The van der Waals surface area contributed by atoms with Gasteiger partial charge in [0, 0.05) is 4.47 Å². The van der Waals surface area contributed by atoms with Crippen LogP contribution in [0.25, 0.3) is 0 Å². The highest BCUT2D eigenvalue weighted by molar-refractivity contribution is 9.10. The maximum absolute atomic E-state index is 5.91. The predicted octanol–water partition coefficient (Wildman–Crippen LogP) is 3.90. The highest BCUT2D eigenvalue weighted by atomic mass is 79.9. The maximum Gasteiger partial charge on any atom is 0.161 e. The van der Waals surface area contributed by atoms with Gasteiger partial charge in [0.1, 0.15) is 19.3 Å². The van der Waals surface area contributed by atoms with Gasteiger partial charge in [-0.05, 0) is 48.4 Å².